The molecular formula is C20H18ClN3O3. The summed E-state index contributed by atoms with van der Waals surface area (Å²) >= 11 is 6.00. The van der Waals surface area contributed by atoms with Gasteiger partial charge in [0.1, 0.15) is 17.6 Å². The molecule has 0 aliphatic heterocycles. The Morgan fingerprint density at radius 2 is 1.78 bits per heavy atom. The lowest BCUT2D eigenvalue weighted by molar-refractivity contribution is -0.116. The first-order chi connectivity index (χ1) is 13.1. The highest BCUT2D eigenvalue weighted by atomic mass is 35.5. The van der Waals surface area contributed by atoms with E-state index in [0.29, 0.717) is 42.3 Å². The van der Waals surface area contributed by atoms with Gasteiger partial charge in [-0.15, -0.1) is 0 Å². The third-order valence-electron chi connectivity index (χ3n) is 3.95. The number of rotatable bonds is 8. The summed E-state index contributed by atoms with van der Waals surface area (Å²) in [6.07, 6.45) is 3.54. The van der Waals surface area contributed by atoms with Crippen LogP contribution in [0.4, 0.5) is 5.69 Å². The van der Waals surface area contributed by atoms with E-state index >= 15 is 0 Å². The summed E-state index contributed by atoms with van der Waals surface area (Å²) in [6, 6.07) is 14.3. The van der Waals surface area contributed by atoms with Gasteiger partial charge in [0.25, 0.3) is 0 Å². The van der Waals surface area contributed by atoms with Crippen LogP contribution in [0, 0.1) is 11.3 Å². The molecule has 0 saturated carbocycles. The Hall–Kier alpha value is -3.01. The lowest BCUT2D eigenvalue weighted by atomic mass is 10.2. The van der Waals surface area contributed by atoms with Crippen LogP contribution in [0.1, 0.15) is 23.5 Å². The molecule has 0 spiro atoms. The largest absolute Gasteiger partial charge is 0.468 e. The quantitative estimate of drug-likeness (QED) is 0.622. The molecule has 0 atom stereocenters. The summed E-state index contributed by atoms with van der Waals surface area (Å²) in [6.45, 7) is 1.67. The number of hydrogen-bond acceptors (Lipinski definition) is 5. The Morgan fingerprint density at radius 1 is 1.11 bits per heavy atom. The molecule has 6 nitrogen and oxygen atoms in total. The predicted molar refractivity (Wildman–Crippen MR) is 101 cm³/mol. The molecule has 0 aliphatic carbocycles. The Morgan fingerprint density at radius 3 is 2.30 bits per heavy atom. The highest BCUT2D eigenvalue weighted by Gasteiger charge is 2.13. The van der Waals surface area contributed by atoms with E-state index in [0.717, 1.165) is 11.5 Å². The van der Waals surface area contributed by atoms with Gasteiger partial charge in [0.15, 0.2) is 0 Å². The molecule has 27 heavy (non-hydrogen) atoms. The maximum Gasteiger partial charge on any atom is 0.225 e. The van der Waals surface area contributed by atoms with Crippen LogP contribution in [0.2, 0.25) is 5.02 Å². The molecule has 2 aromatic heterocycles. The minimum atomic E-state index is -0.139. The molecule has 0 aliphatic rings. The predicted octanol–water partition coefficient (Wildman–Crippen LogP) is 4.43. The number of nitriles is 1. The van der Waals surface area contributed by atoms with E-state index in [2.05, 4.69) is 10.2 Å². The van der Waals surface area contributed by atoms with E-state index < -0.39 is 0 Å². The number of hydrogen-bond donors (Lipinski definition) is 1. The molecule has 1 N–H and O–H groups in total. The van der Waals surface area contributed by atoms with E-state index in [9.17, 15) is 4.79 Å². The topological polar surface area (TPSA) is 82.4 Å². The standard InChI is InChI=1S/C20H18ClN3O3/c21-19-11-16(6-5-15(19)12-22)23-20(25)7-8-24(13-17-3-1-9-26-17)14-18-4-2-10-27-18/h1-6,9-11H,7-8,13-14H2,(H,23,25). The Labute approximate surface area is 161 Å². The van der Waals surface area contributed by atoms with Gasteiger partial charge in [0, 0.05) is 18.7 Å². The number of furan rings is 2. The molecule has 1 amide bonds. The molecule has 0 radical (unpaired) electrons. The molecule has 138 valence electrons. The normalized spacial score (nSPS) is 10.7. The van der Waals surface area contributed by atoms with Gasteiger partial charge in [0.2, 0.25) is 5.91 Å². The third-order valence-corrected chi connectivity index (χ3v) is 4.26. The summed E-state index contributed by atoms with van der Waals surface area (Å²) < 4.78 is 10.8. The first-order valence-electron chi connectivity index (χ1n) is 8.40. The number of nitrogens with one attached hydrogen (secondary N) is 1. The van der Waals surface area contributed by atoms with E-state index in [1.54, 1.807) is 30.7 Å². The molecule has 0 fully saturated rings. The van der Waals surface area contributed by atoms with Crippen molar-refractivity contribution in [1.82, 2.24) is 4.90 Å². The zero-order chi connectivity index (χ0) is 19.1. The van der Waals surface area contributed by atoms with Gasteiger partial charge in [-0.05, 0) is 42.5 Å². The lowest BCUT2D eigenvalue weighted by Crippen LogP contribution is -2.27. The molecule has 0 saturated heterocycles. The minimum Gasteiger partial charge on any atom is -0.468 e. The van der Waals surface area contributed by atoms with Crippen LogP contribution in [0.25, 0.3) is 0 Å². The lowest BCUT2D eigenvalue weighted by Gasteiger charge is -2.19. The monoisotopic (exact) mass is 383 g/mol. The van der Waals surface area contributed by atoms with Gasteiger partial charge in [-0.1, -0.05) is 11.6 Å². The van der Waals surface area contributed by atoms with Crippen molar-refractivity contribution in [2.24, 2.45) is 0 Å². The fourth-order valence-electron chi connectivity index (χ4n) is 2.63. The van der Waals surface area contributed by atoms with Crippen molar-refractivity contribution in [3.05, 3.63) is 77.1 Å². The number of amides is 1. The summed E-state index contributed by atoms with van der Waals surface area (Å²) in [5.41, 5.74) is 0.936. The van der Waals surface area contributed by atoms with E-state index in [-0.39, 0.29) is 5.91 Å². The molecule has 3 aromatic rings. The van der Waals surface area contributed by atoms with Crippen molar-refractivity contribution in [1.29, 1.82) is 5.26 Å². The van der Waals surface area contributed by atoms with Crippen molar-refractivity contribution < 1.29 is 13.6 Å². The first kappa shape index (κ1) is 18.8. The molecule has 0 bridgehead atoms. The van der Waals surface area contributed by atoms with Crippen LogP contribution in [-0.4, -0.2) is 17.4 Å². The van der Waals surface area contributed by atoms with Crippen molar-refractivity contribution in [2.45, 2.75) is 19.5 Å². The van der Waals surface area contributed by atoms with Crippen LogP contribution in [0.5, 0.6) is 0 Å². The van der Waals surface area contributed by atoms with Crippen molar-refractivity contribution in [2.75, 3.05) is 11.9 Å². The Kier molecular flexibility index (Phi) is 6.31. The van der Waals surface area contributed by atoms with Gasteiger partial charge in [-0.2, -0.15) is 5.26 Å². The molecule has 7 heteroatoms. The van der Waals surface area contributed by atoms with Crippen LogP contribution < -0.4 is 5.32 Å². The van der Waals surface area contributed by atoms with Crippen LogP contribution >= 0.6 is 11.6 Å². The maximum absolute atomic E-state index is 12.3. The maximum atomic E-state index is 12.3. The van der Waals surface area contributed by atoms with Crippen molar-refractivity contribution in [3.63, 3.8) is 0 Å². The number of benzene rings is 1. The number of carbonyl (C=O) groups is 1. The van der Waals surface area contributed by atoms with Crippen molar-refractivity contribution >= 4 is 23.2 Å². The van der Waals surface area contributed by atoms with Crippen LogP contribution in [-0.2, 0) is 17.9 Å². The van der Waals surface area contributed by atoms with Crippen LogP contribution in [0.15, 0.2) is 63.8 Å². The Balaban J connectivity index is 1.57. The summed E-state index contributed by atoms with van der Waals surface area (Å²) in [7, 11) is 0. The Bertz CT molecular complexity index is 878. The van der Waals surface area contributed by atoms with E-state index in [4.69, 9.17) is 25.7 Å². The fourth-order valence-corrected chi connectivity index (χ4v) is 2.85. The third kappa shape index (κ3) is 5.48. The number of halogens is 1. The fraction of sp³-hybridized carbons (Fsp3) is 0.200. The SMILES string of the molecule is N#Cc1ccc(NC(=O)CCN(Cc2ccco2)Cc2ccco2)cc1Cl. The van der Waals surface area contributed by atoms with Gasteiger partial charge in [-0.25, -0.2) is 0 Å². The van der Waals surface area contributed by atoms with Gasteiger partial charge < -0.3 is 14.2 Å². The molecule has 2 heterocycles. The smallest absolute Gasteiger partial charge is 0.225 e. The molecule has 0 unspecified atom stereocenters. The van der Waals surface area contributed by atoms with Crippen molar-refractivity contribution in [3.8, 4) is 6.07 Å². The molecule has 1 aromatic carbocycles. The summed E-state index contributed by atoms with van der Waals surface area (Å²) in [4.78, 5) is 14.4. The van der Waals surface area contributed by atoms with E-state index in [1.807, 2.05) is 30.3 Å². The number of nitrogens with zero attached hydrogens (tertiary/aromatic N) is 2. The second-order valence-electron chi connectivity index (χ2n) is 5.97. The summed E-state index contributed by atoms with van der Waals surface area (Å²) in [5.74, 6) is 1.50. The van der Waals surface area contributed by atoms with E-state index in [1.165, 1.54) is 0 Å². The van der Waals surface area contributed by atoms with Crippen LogP contribution in [0.3, 0.4) is 0 Å². The molecule has 3 rings (SSSR count). The highest BCUT2D eigenvalue weighted by molar-refractivity contribution is 6.32. The first-order valence-corrected chi connectivity index (χ1v) is 8.78. The second-order valence-corrected chi connectivity index (χ2v) is 6.38. The molecular weight excluding hydrogens is 366 g/mol. The van der Waals surface area contributed by atoms with Gasteiger partial charge >= 0.3 is 0 Å². The second kappa shape index (κ2) is 9.08. The average Bonchev–Trinajstić information content (AvgIpc) is 3.34. The number of anilines is 1. The number of carbonyl (C=O) groups excluding carboxylic acids is 1. The highest BCUT2D eigenvalue weighted by Crippen LogP contribution is 2.20. The minimum absolute atomic E-state index is 0.139. The summed E-state index contributed by atoms with van der Waals surface area (Å²) in [5, 5.41) is 12.0. The van der Waals surface area contributed by atoms with Gasteiger partial charge in [-0.3, -0.25) is 9.69 Å². The van der Waals surface area contributed by atoms with Gasteiger partial charge in [0.05, 0.1) is 36.2 Å². The zero-order valence-electron chi connectivity index (χ0n) is 14.5. The zero-order valence-corrected chi connectivity index (χ0v) is 15.3. The average molecular weight is 384 g/mol.